The third-order valence-corrected chi connectivity index (χ3v) is 5.50. The van der Waals surface area contributed by atoms with Gasteiger partial charge in [-0.15, -0.1) is 11.3 Å². The van der Waals surface area contributed by atoms with Crippen LogP contribution in [0.3, 0.4) is 0 Å². The Bertz CT molecular complexity index is 491. The quantitative estimate of drug-likeness (QED) is 0.849. The van der Waals surface area contributed by atoms with Gasteiger partial charge in [0.1, 0.15) is 5.60 Å². The molecule has 5 heteroatoms. The molecule has 2 fully saturated rings. The molecule has 0 amide bonds. The van der Waals surface area contributed by atoms with Crippen molar-refractivity contribution in [3.05, 3.63) is 21.9 Å². The molecule has 4 nitrogen and oxygen atoms in total. The van der Waals surface area contributed by atoms with Gasteiger partial charge >= 0.3 is 0 Å². The predicted octanol–water partition coefficient (Wildman–Crippen LogP) is 2.37. The van der Waals surface area contributed by atoms with Crippen molar-refractivity contribution in [2.24, 2.45) is 0 Å². The van der Waals surface area contributed by atoms with Crippen LogP contribution in [-0.4, -0.2) is 68.4 Å². The van der Waals surface area contributed by atoms with Crippen molar-refractivity contribution < 1.29 is 9.47 Å². The summed E-state index contributed by atoms with van der Waals surface area (Å²) < 4.78 is 12.3. The van der Waals surface area contributed by atoms with Gasteiger partial charge in [-0.3, -0.25) is 4.90 Å². The fourth-order valence-electron chi connectivity index (χ4n) is 3.56. The summed E-state index contributed by atoms with van der Waals surface area (Å²) in [6.07, 6.45) is 2.61. The molecule has 3 rings (SSSR count). The highest BCUT2D eigenvalue weighted by Gasteiger charge is 2.43. The van der Waals surface area contributed by atoms with Crippen molar-refractivity contribution in [3.8, 4) is 0 Å². The van der Waals surface area contributed by atoms with Gasteiger partial charge < -0.3 is 14.4 Å². The maximum atomic E-state index is 6.45. The van der Waals surface area contributed by atoms with Gasteiger partial charge in [-0.2, -0.15) is 0 Å². The van der Waals surface area contributed by atoms with Gasteiger partial charge in [-0.05, 0) is 46.0 Å². The fourth-order valence-corrected chi connectivity index (χ4v) is 4.50. The van der Waals surface area contributed by atoms with Crippen LogP contribution in [0, 0.1) is 6.92 Å². The standard InChI is InChI=1S/C17H28N2O2S/c1-14-4-5-16(22-14)11-19-8-9-20-13-17(12-19)7-6-15(21-17)10-18(2)3/h4-5,15H,6-13H2,1-3H3/t15-,17+/m1/s1. The molecule has 0 N–H and O–H groups in total. The van der Waals surface area contributed by atoms with Crippen LogP contribution < -0.4 is 0 Å². The second kappa shape index (κ2) is 6.97. The minimum absolute atomic E-state index is 0.0938. The molecule has 0 unspecified atom stereocenters. The maximum absolute atomic E-state index is 6.45. The summed E-state index contributed by atoms with van der Waals surface area (Å²) in [5, 5.41) is 0. The molecule has 124 valence electrons. The van der Waals surface area contributed by atoms with Crippen molar-refractivity contribution in [3.63, 3.8) is 0 Å². The second-order valence-corrected chi connectivity index (χ2v) is 8.37. The van der Waals surface area contributed by atoms with E-state index >= 15 is 0 Å². The van der Waals surface area contributed by atoms with Crippen molar-refractivity contribution >= 4 is 11.3 Å². The molecule has 1 spiro atoms. The van der Waals surface area contributed by atoms with Gasteiger partial charge in [0.25, 0.3) is 0 Å². The molecule has 2 aliphatic heterocycles. The molecule has 0 saturated carbocycles. The van der Waals surface area contributed by atoms with Crippen LogP contribution in [0.15, 0.2) is 12.1 Å². The van der Waals surface area contributed by atoms with E-state index in [4.69, 9.17) is 9.47 Å². The summed E-state index contributed by atoms with van der Waals surface area (Å²) >= 11 is 1.90. The number of ether oxygens (including phenoxy) is 2. The zero-order valence-corrected chi connectivity index (χ0v) is 14.8. The Morgan fingerprint density at radius 1 is 1.41 bits per heavy atom. The second-order valence-electron chi connectivity index (χ2n) is 7.00. The lowest BCUT2D eigenvalue weighted by Gasteiger charge is -2.32. The Balaban J connectivity index is 1.62. The van der Waals surface area contributed by atoms with E-state index in [0.29, 0.717) is 6.10 Å². The summed E-state index contributed by atoms with van der Waals surface area (Å²) in [6.45, 7) is 7.75. The molecule has 22 heavy (non-hydrogen) atoms. The molecule has 2 aliphatic rings. The smallest absolute Gasteiger partial charge is 0.105 e. The fraction of sp³-hybridized carbons (Fsp3) is 0.765. The van der Waals surface area contributed by atoms with Crippen LogP contribution in [0.4, 0.5) is 0 Å². The van der Waals surface area contributed by atoms with E-state index in [-0.39, 0.29) is 5.60 Å². The summed E-state index contributed by atoms with van der Waals surface area (Å²) in [5.74, 6) is 0. The van der Waals surface area contributed by atoms with Crippen LogP contribution in [-0.2, 0) is 16.0 Å². The Morgan fingerprint density at radius 2 is 2.27 bits per heavy atom. The van der Waals surface area contributed by atoms with E-state index < -0.39 is 0 Å². The van der Waals surface area contributed by atoms with E-state index in [0.717, 1.165) is 52.2 Å². The highest BCUT2D eigenvalue weighted by Crippen LogP contribution is 2.34. The number of hydrogen-bond acceptors (Lipinski definition) is 5. The third-order valence-electron chi connectivity index (χ3n) is 4.51. The molecule has 2 atom stereocenters. The van der Waals surface area contributed by atoms with Gasteiger partial charge in [0.15, 0.2) is 0 Å². The first-order chi connectivity index (χ1) is 10.5. The maximum Gasteiger partial charge on any atom is 0.105 e. The highest BCUT2D eigenvalue weighted by atomic mass is 32.1. The molecular weight excluding hydrogens is 296 g/mol. The van der Waals surface area contributed by atoms with E-state index in [1.54, 1.807) is 0 Å². The van der Waals surface area contributed by atoms with Gasteiger partial charge in [-0.25, -0.2) is 0 Å². The topological polar surface area (TPSA) is 24.9 Å². The molecule has 0 aromatic carbocycles. The largest absolute Gasteiger partial charge is 0.377 e. The number of rotatable bonds is 4. The number of hydrogen-bond donors (Lipinski definition) is 0. The summed E-state index contributed by atoms with van der Waals surface area (Å²) in [4.78, 5) is 7.56. The normalized spacial score (nSPS) is 30.3. The van der Waals surface area contributed by atoms with Gasteiger partial charge in [-0.1, -0.05) is 0 Å². The Morgan fingerprint density at radius 3 is 3.00 bits per heavy atom. The minimum atomic E-state index is -0.0938. The Kier molecular flexibility index (Phi) is 5.20. The van der Waals surface area contributed by atoms with Crippen LogP contribution in [0.1, 0.15) is 22.6 Å². The van der Waals surface area contributed by atoms with Gasteiger partial charge in [0, 0.05) is 35.9 Å². The van der Waals surface area contributed by atoms with Crippen molar-refractivity contribution in [2.75, 3.05) is 46.9 Å². The van der Waals surface area contributed by atoms with Crippen molar-refractivity contribution in [2.45, 2.75) is 38.0 Å². The van der Waals surface area contributed by atoms with Crippen LogP contribution in [0.2, 0.25) is 0 Å². The lowest BCUT2D eigenvalue weighted by atomic mass is 10.00. The van der Waals surface area contributed by atoms with Crippen LogP contribution in [0.25, 0.3) is 0 Å². The molecule has 0 radical (unpaired) electrons. The van der Waals surface area contributed by atoms with E-state index in [9.17, 15) is 0 Å². The zero-order valence-electron chi connectivity index (χ0n) is 14.0. The molecule has 1 aromatic rings. The van der Waals surface area contributed by atoms with E-state index in [1.165, 1.54) is 9.75 Å². The first-order valence-corrected chi connectivity index (χ1v) is 9.04. The SMILES string of the molecule is Cc1ccc(CN2CCOC[C@]3(CC[C@H](CN(C)C)O3)C2)s1. The average Bonchev–Trinajstić information content (AvgIpc) is 2.95. The summed E-state index contributed by atoms with van der Waals surface area (Å²) in [6, 6.07) is 4.46. The van der Waals surface area contributed by atoms with Crippen molar-refractivity contribution in [1.82, 2.24) is 9.80 Å². The third kappa shape index (κ3) is 4.09. The summed E-state index contributed by atoms with van der Waals surface area (Å²) in [5.41, 5.74) is -0.0938. The molecule has 0 aliphatic carbocycles. The minimum Gasteiger partial charge on any atom is -0.377 e. The lowest BCUT2D eigenvalue weighted by molar-refractivity contribution is -0.0901. The zero-order chi connectivity index (χ0) is 15.6. The molecule has 1 aromatic heterocycles. The molecule has 2 saturated heterocycles. The highest BCUT2D eigenvalue weighted by molar-refractivity contribution is 7.11. The molecular formula is C17H28N2O2S. The Labute approximate surface area is 138 Å². The summed E-state index contributed by atoms with van der Waals surface area (Å²) in [7, 11) is 4.23. The van der Waals surface area contributed by atoms with E-state index in [1.807, 2.05) is 11.3 Å². The van der Waals surface area contributed by atoms with Crippen LogP contribution in [0.5, 0.6) is 0 Å². The number of aryl methyl sites for hydroxylation is 1. The van der Waals surface area contributed by atoms with Gasteiger partial charge in [0.05, 0.1) is 19.3 Å². The van der Waals surface area contributed by atoms with E-state index in [2.05, 4.69) is 43.0 Å². The number of nitrogens with zero attached hydrogens (tertiary/aromatic N) is 2. The Hall–Kier alpha value is -0.460. The predicted molar refractivity (Wildman–Crippen MR) is 90.5 cm³/mol. The van der Waals surface area contributed by atoms with Crippen LogP contribution >= 0.6 is 11.3 Å². The molecule has 0 bridgehead atoms. The lowest BCUT2D eigenvalue weighted by Crippen LogP contribution is -2.44. The van der Waals surface area contributed by atoms with Gasteiger partial charge in [0.2, 0.25) is 0 Å². The average molecular weight is 324 g/mol. The van der Waals surface area contributed by atoms with Crippen molar-refractivity contribution in [1.29, 1.82) is 0 Å². The number of likely N-dealkylation sites (N-methyl/N-ethyl adjacent to an activating group) is 1. The monoisotopic (exact) mass is 324 g/mol. The molecule has 3 heterocycles. The first kappa shape index (κ1) is 16.4. The first-order valence-electron chi connectivity index (χ1n) is 8.23. The number of thiophene rings is 1.